The molecule has 0 spiro atoms. The molecular formula is C19H25Cl2N3O3. The van der Waals surface area contributed by atoms with Gasteiger partial charge < -0.3 is 20.1 Å². The number of carbonyl (C=O) groups excluding carboxylic acids is 1. The second-order valence-corrected chi connectivity index (χ2v) is 5.92. The minimum absolute atomic E-state index is 0. The molecule has 1 aliphatic rings. The Balaban J connectivity index is 0.00000182. The van der Waals surface area contributed by atoms with Gasteiger partial charge in [-0.3, -0.25) is 4.79 Å². The summed E-state index contributed by atoms with van der Waals surface area (Å²) in [5.41, 5.74) is 0.954. The number of hydrogen-bond acceptors (Lipinski definition) is 5. The fraction of sp³-hybridized carbons (Fsp3) is 0.368. The first-order valence-corrected chi connectivity index (χ1v) is 8.58. The second kappa shape index (κ2) is 11.6. The SMILES string of the molecule is CCOc1ccc(Oc2cc(CNC(=O)C3CCNC3)ccn2)cc1.Cl.Cl. The summed E-state index contributed by atoms with van der Waals surface area (Å²) in [5.74, 6) is 2.16. The molecule has 2 aromatic rings. The van der Waals surface area contributed by atoms with Crippen molar-refractivity contribution in [3.05, 3.63) is 48.2 Å². The average Bonchev–Trinajstić information content (AvgIpc) is 3.17. The van der Waals surface area contributed by atoms with Crippen molar-refractivity contribution in [3.8, 4) is 17.4 Å². The second-order valence-electron chi connectivity index (χ2n) is 5.92. The third-order valence-electron chi connectivity index (χ3n) is 4.05. The lowest BCUT2D eigenvalue weighted by Crippen LogP contribution is -2.31. The van der Waals surface area contributed by atoms with Gasteiger partial charge in [0.1, 0.15) is 11.5 Å². The maximum atomic E-state index is 12.1. The largest absolute Gasteiger partial charge is 0.494 e. The molecule has 1 fully saturated rings. The molecule has 0 aliphatic carbocycles. The fourth-order valence-electron chi connectivity index (χ4n) is 2.72. The van der Waals surface area contributed by atoms with Crippen LogP contribution in [0.3, 0.4) is 0 Å². The van der Waals surface area contributed by atoms with Gasteiger partial charge in [0.15, 0.2) is 0 Å². The Bertz CT molecular complexity index is 708. The quantitative estimate of drug-likeness (QED) is 0.727. The third-order valence-corrected chi connectivity index (χ3v) is 4.05. The summed E-state index contributed by atoms with van der Waals surface area (Å²) in [7, 11) is 0. The number of hydrogen-bond donors (Lipinski definition) is 2. The maximum absolute atomic E-state index is 12.1. The van der Waals surface area contributed by atoms with Crippen LogP contribution in [0.1, 0.15) is 18.9 Å². The van der Waals surface area contributed by atoms with Crippen LogP contribution in [0.2, 0.25) is 0 Å². The van der Waals surface area contributed by atoms with Gasteiger partial charge in [0, 0.05) is 25.4 Å². The minimum Gasteiger partial charge on any atom is -0.494 e. The van der Waals surface area contributed by atoms with E-state index in [0.29, 0.717) is 24.8 Å². The Morgan fingerprint density at radius 2 is 1.96 bits per heavy atom. The summed E-state index contributed by atoms with van der Waals surface area (Å²) in [5, 5.41) is 6.17. The van der Waals surface area contributed by atoms with E-state index in [1.54, 1.807) is 6.20 Å². The molecule has 148 valence electrons. The van der Waals surface area contributed by atoms with Crippen molar-refractivity contribution in [3.63, 3.8) is 0 Å². The molecule has 1 atom stereocenters. The van der Waals surface area contributed by atoms with E-state index in [4.69, 9.17) is 9.47 Å². The van der Waals surface area contributed by atoms with Crippen molar-refractivity contribution >= 4 is 30.7 Å². The number of nitrogens with zero attached hydrogens (tertiary/aromatic N) is 1. The maximum Gasteiger partial charge on any atom is 0.224 e. The van der Waals surface area contributed by atoms with Gasteiger partial charge in [-0.1, -0.05) is 0 Å². The molecule has 3 rings (SSSR count). The fourth-order valence-corrected chi connectivity index (χ4v) is 2.72. The molecule has 1 saturated heterocycles. The smallest absolute Gasteiger partial charge is 0.224 e. The van der Waals surface area contributed by atoms with E-state index in [0.717, 1.165) is 30.8 Å². The molecule has 2 N–H and O–H groups in total. The van der Waals surface area contributed by atoms with E-state index >= 15 is 0 Å². The monoisotopic (exact) mass is 413 g/mol. The molecule has 27 heavy (non-hydrogen) atoms. The first-order valence-electron chi connectivity index (χ1n) is 8.58. The highest BCUT2D eigenvalue weighted by Crippen LogP contribution is 2.23. The van der Waals surface area contributed by atoms with Gasteiger partial charge in [0.2, 0.25) is 11.8 Å². The number of amides is 1. The highest BCUT2D eigenvalue weighted by Gasteiger charge is 2.21. The van der Waals surface area contributed by atoms with Gasteiger partial charge in [0.25, 0.3) is 0 Å². The average molecular weight is 414 g/mol. The summed E-state index contributed by atoms with van der Waals surface area (Å²) < 4.78 is 11.2. The number of halogens is 2. The van der Waals surface area contributed by atoms with Crippen molar-refractivity contribution in [2.75, 3.05) is 19.7 Å². The van der Waals surface area contributed by atoms with E-state index in [2.05, 4.69) is 15.6 Å². The topological polar surface area (TPSA) is 72.5 Å². The van der Waals surface area contributed by atoms with Crippen LogP contribution < -0.4 is 20.1 Å². The zero-order chi connectivity index (χ0) is 17.5. The number of ether oxygens (including phenoxy) is 2. The van der Waals surface area contributed by atoms with Gasteiger partial charge in [-0.2, -0.15) is 0 Å². The molecule has 8 heteroatoms. The molecule has 0 saturated carbocycles. The van der Waals surface area contributed by atoms with Crippen LogP contribution in [-0.2, 0) is 11.3 Å². The zero-order valence-corrected chi connectivity index (χ0v) is 16.8. The lowest BCUT2D eigenvalue weighted by Gasteiger charge is -2.11. The Kier molecular flexibility index (Phi) is 9.93. The van der Waals surface area contributed by atoms with Crippen LogP contribution in [0, 0.1) is 5.92 Å². The lowest BCUT2D eigenvalue weighted by atomic mass is 10.1. The number of nitrogens with one attached hydrogen (secondary N) is 2. The van der Waals surface area contributed by atoms with Crippen molar-refractivity contribution in [2.24, 2.45) is 5.92 Å². The molecule has 0 radical (unpaired) electrons. The molecule has 1 aliphatic heterocycles. The first-order chi connectivity index (χ1) is 12.2. The van der Waals surface area contributed by atoms with Gasteiger partial charge in [-0.15, -0.1) is 24.8 Å². The summed E-state index contributed by atoms with van der Waals surface area (Å²) in [6.45, 7) is 4.72. The lowest BCUT2D eigenvalue weighted by molar-refractivity contribution is -0.124. The molecule has 6 nitrogen and oxygen atoms in total. The van der Waals surface area contributed by atoms with E-state index in [-0.39, 0.29) is 36.6 Å². The summed E-state index contributed by atoms with van der Waals surface area (Å²) in [6, 6.07) is 11.1. The molecular weight excluding hydrogens is 389 g/mol. The van der Waals surface area contributed by atoms with Gasteiger partial charge >= 0.3 is 0 Å². The van der Waals surface area contributed by atoms with E-state index in [1.807, 2.05) is 43.3 Å². The van der Waals surface area contributed by atoms with Crippen molar-refractivity contribution in [1.29, 1.82) is 0 Å². The van der Waals surface area contributed by atoms with E-state index < -0.39 is 0 Å². The number of benzene rings is 1. The molecule has 0 bridgehead atoms. The van der Waals surface area contributed by atoms with Crippen molar-refractivity contribution in [1.82, 2.24) is 15.6 Å². The number of carbonyl (C=O) groups is 1. The van der Waals surface area contributed by atoms with Gasteiger partial charge in [-0.25, -0.2) is 4.98 Å². The summed E-state index contributed by atoms with van der Waals surface area (Å²) >= 11 is 0. The van der Waals surface area contributed by atoms with Crippen LogP contribution in [0.25, 0.3) is 0 Å². The third kappa shape index (κ3) is 6.90. The highest BCUT2D eigenvalue weighted by atomic mass is 35.5. The van der Waals surface area contributed by atoms with Crippen LogP contribution in [0.4, 0.5) is 0 Å². The Hall–Kier alpha value is -2.02. The molecule has 1 aromatic heterocycles. The van der Waals surface area contributed by atoms with Crippen LogP contribution in [0.5, 0.6) is 17.4 Å². The van der Waals surface area contributed by atoms with Gasteiger partial charge in [0.05, 0.1) is 12.5 Å². The Labute approximate surface area is 171 Å². The summed E-state index contributed by atoms with van der Waals surface area (Å²) in [6.07, 6.45) is 2.58. The standard InChI is InChI=1S/C19H23N3O3.2ClH/c1-2-24-16-3-5-17(6-4-16)25-18-11-14(7-10-21-18)12-22-19(23)15-8-9-20-13-15;;/h3-7,10-11,15,20H,2,8-9,12-13H2,1H3,(H,22,23);2*1H. The number of rotatable bonds is 7. The molecule has 1 unspecified atom stereocenters. The van der Waals surface area contributed by atoms with Gasteiger partial charge in [-0.05, 0) is 55.8 Å². The summed E-state index contributed by atoms with van der Waals surface area (Å²) in [4.78, 5) is 16.3. The van der Waals surface area contributed by atoms with E-state index in [9.17, 15) is 4.79 Å². The Morgan fingerprint density at radius 1 is 1.22 bits per heavy atom. The normalized spacial score (nSPS) is 15.2. The number of aromatic nitrogens is 1. The molecule has 2 heterocycles. The van der Waals surface area contributed by atoms with Crippen LogP contribution >= 0.6 is 24.8 Å². The van der Waals surface area contributed by atoms with Crippen molar-refractivity contribution in [2.45, 2.75) is 19.9 Å². The van der Waals surface area contributed by atoms with Crippen molar-refractivity contribution < 1.29 is 14.3 Å². The highest BCUT2D eigenvalue weighted by molar-refractivity contribution is 5.85. The minimum atomic E-state index is 0. The van der Waals surface area contributed by atoms with Crippen LogP contribution in [-0.4, -0.2) is 30.6 Å². The zero-order valence-electron chi connectivity index (χ0n) is 15.1. The van der Waals surface area contributed by atoms with Crippen LogP contribution in [0.15, 0.2) is 42.6 Å². The Morgan fingerprint density at radius 3 is 2.63 bits per heavy atom. The first kappa shape index (κ1) is 23.0. The molecule has 1 aromatic carbocycles. The molecule has 1 amide bonds. The predicted molar refractivity (Wildman–Crippen MR) is 109 cm³/mol. The number of pyridine rings is 1. The van der Waals surface area contributed by atoms with E-state index in [1.165, 1.54) is 0 Å². The predicted octanol–water partition coefficient (Wildman–Crippen LogP) is 3.34.